The molecule has 1 aliphatic heterocycles. The van der Waals surface area contributed by atoms with Gasteiger partial charge >= 0.3 is 0 Å². The van der Waals surface area contributed by atoms with Crippen molar-refractivity contribution in [2.75, 3.05) is 29.9 Å². The zero-order valence-corrected chi connectivity index (χ0v) is 21.2. The van der Waals surface area contributed by atoms with Gasteiger partial charge in [0.1, 0.15) is 17.4 Å². The number of thiocarbonyl (C=S) groups is 1. The number of nitrogens with one attached hydrogen (secondary N) is 2. The second kappa shape index (κ2) is 11.2. The number of halogens is 1. The van der Waals surface area contributed by atoms with Gasteiger partial charge in [-0.1, -0.05) is 49.6 Å². The van der Waals surface area contributed by atoms with Gasteiger partial charge < -0.3 is 20.3 Å². The minimum Gasteiger partial charge on any atom is -0.439 e. The predicted molar refractivity (Wildman–Crippen MR) is 145 cm³/mol. The summed E-state index contributed by atoms with van der Waals surface area (Å²) in [5.74, 6) is 2.21. The summed E-state index contributed by atoms with van der Waals surface area (Å²) in [5.41, 5.74) is 1.09. The van der Waals surface area contributed by atoms with Gasteiger partial charge in [-0.25, -0.2) is 4.39 Å². The third kappa shape index (κ3) is 5.93. The van der Waals surface area contributed by atoms with Crippen molar-refractivity contribution in [3.63, 3.8) is 0 Å². The molecule has 8 heteroatoms. The molecule has 2 fully saturated rings. The van der Waals surface area contributed by atoms with Crippen molar-refractivity contribution in [2.45, 2.75) is 50.4 Å². The molecule has 188 valence electrons. The summed E-state index contributed by atoms with van der Waals surface area (Å²) < 4.78 is 19.6. The molecule has 0 atom stereocenters. The molecule has 0 spiro atoms. The maximum atomic E-state index is 13.6. The summed E-state index contributed by atoms with van der Waals surface area (Å²) in [5, 5.41) is 7.05. The van der Waals surface area contributed by atoms with Crippen LogP contribution in [0.15, 0.2) is 60.7 Å². The molecule has 1 saturated carbocycles. The van der Waals surface area contributed by atoms with E-state index in [9.17, 15) is 4.39 Å². The van der Waals surface area contributed by atoms with Crippen LogP contribution in [-0.2, 0) is 5.41 Å². The first kappa shape index (κ1) is 24.4. The van der Waals surface area contributed by atoms with Gasteiger partial charge in [0.2, 0.25) is 11.8 Å². The highest BCUT2D eigenvalue weighted by Crippen LogP contribution is 2.39. The van der Waals surface area contributed by atoms with E-state index in [1.165, 1.54) is 6.42 Å². The van der Waals surface area contributed by atoms with E-state index in [4.69, 9.17) is 21.9 Å². The van der Waals surface area contributed by atoms with E-state index in [1.54, 1.807) is 12.1 Å². The Morgan fingerprint density at radius 2 is 1.67 bits per heavy atom. The molecule has 5 rings (SSSR count). The van der Waals surface area contributed by atoms with Gasteiger partial charge in [-0.3, -0.25) is 0 Å². The van der Waals surface area contributed by atoms with Crippen LogP contribution >= 0.6 is 12.2 Å². The highest BCUT2D eigenvalue weighted by Gasteiger charge is 2.34. The number of anilines is 2. The van der Waals surface area contributed by atoms with Crippen molar-refractivity contribution in [2.24, 2.45) is 0 Å². The Bertz CT molecular complexity index is 1160. The van der Waals surface area contributed by atoms with E-state index in [0.717, 1.165) is 63.0 Å². The Morgan fingerprint density at radius 3 is 2.39 bits per heavy atom. The van der Waals surface area contributed by atoms with Gasteiger partial charge in [-0.05, 0) is 67.7 Å². The van der Waals surface area contributed by atoms with Crippen molar-refractivity contribution >= 4 is 29.1 Å². The first-order valence-corrected chi connectivity index (χ1v) is 13.2. The molecule has 1 saturated heterocycles. The molecule has 2 N–H and O–H groups in total. The van der Waals surface area contributed by atoms with Crippen molar-refractivity contribution in [3.05, 3.63) is 72.0 Å². The molecule has 1 aromatic heterocycles. The van der Waals surface area contributed by atoms with Crippen LogP contribution in [0.4, 0.5) is 16.2 Å². The van der Waals surface area contributed by atoms with Crippen molar-refractivity contribution < 1.29 is 9.13 Å². The molecule has 0 unspecified atom stereocenters. The average molecular weight is 506 g/mol. The molecule has 2 aliphatic rings. The summed E-state index contributed by atoms with van der Waals surface area (Å²) in [6.07, 6.45) is 7.92. The van der Waals surface area contributed by atoms with Gasteiger partial charge in [0.15, 0.2) is 5.11 Å². The smallest absolute Gasteiger partial charge is 0.234 e. The normalized spacial score (nSPS) is 17.0. The van der Waals surface area contributed by atoms with Crippen LogP contribution in [0.3, 0.4) is 0 Å². The van der Waals surface area contributed by atoms with Crippen LogP contribution in [0, 0.1) is 5.82 Å². The second-order valence-corrected chi connectivity index (χ2v) is 10.1. The Kier molecular flexibility index (Phi) is 7.60. The van der Waals surface area contributed by atoms with Gasteiger partial charge in [0, 0.05) is 31.1 Å². The van der Waals surface area contributed by atoms with Crippen molar-refractivity contribution in [1.29, 1.82) is 0 Å². The van der Waals surface area contributed by atoms with E-state index >= 15 is 0 Å². The average Bonchev–Trinajstić information content (AvgIpc) is 3.44. The van der Waals surface area contributed by atoms with E-state index in [0.29, 0.717) is 29.2 Å². The lowest BCUT2D eigenvalue weighted by molar-refractivity contribution is 0.292. The fourth-order valence-electron chi connectivity index (χ4n) is 5.23. The number of hydrogen-bond acceptors (Lipinski definition) is 5. The lowest BCUT2D eigenvalue weighted by atomic mass is 9.69. The van der Waals surface area contributed by atoms with Crippen LogP contribution in [0.2, 0.25) is 0 Å². The maximum absolute atomic E-state index is 13.6. The highest BCUT2D eigenvalue weighted by molar-refractivity contribution is 7.80. The molecule has 2 aromatic carbocycles. The molecular formula is C28H32FN5OS. The molecule has 36 heavy (non-hydrogen) atoms. The number of hydrogen-bond donors (Lipinski definition) is 2. The summed E-state index contributed by atoms with van der Waals surface area (Å²) in [6, 6.07) is 18.4. The number of aromatic nitrogens is 2. The predicted octanol–water partition coefficient (Wildman–Crippen LogP) is 6.20. The molecule has 0 bridgehead atoms. The molecule has 1 aliphatic carbocycles. The van der Waals surface area contributed by atoms with E-state index < -0.39 is 0 Å². The molecule has 0 radical (unpaired) electrons. The maximum Gasteiger partial charge on any atom is 0.234 e. The Hall–Kier alpha value is -3.26. The molecule has 3 aromatic rings. The lowest BCUT2D eigenvalue weighted by Crippen LogP contribution is -2.43. The van der Waals surface area contributed by atoms with Crippen LogP contribution in [-0.4, -0.2) is 34.7 Å². The molecule has 6 nitrogen and oxygen atoms in total. The van der Waals surface area contributed by atoms with Gasteiger partial charge in [0.25, 0.3) is 0 Å². The standard InChI is InChI=1S/C28H32FN5OS/c29-22-13-11-21(12-14-22)28(15-5-2-6-16-28)20-30-27(36)33-26-31-24(34-17-7-8-18-34)19-25(32-26)35-23-9-3-1-4-10-23/h1,3-4,9-14,19H,2,5-8,15-18,20H2,(H2,30,31,32,33,36). The Morgan fingerprint density at radius 1 is 0.944 bits per heavy atom. The number of rotatable bonds is 7. The number of nitrogens with zero attached hydrogens (tertiary/aromatic N) is 3. The van der Waals surface area contributed by atoms with Gasteiger partial charge in [-0.15, -0.1) is 0 Å². The number of para-hydroxylation sites is 1. The fraction of sp³-hybridized carbons (Fsp3) is 0.393. The minimum atomic E-state index is -0.210. The van der Waals surface area contributed by atoms with Crippen LogP contribution in [0.1, 0.15) is 50.5 Å². The highest BCUT2D eigenvalue weighted by atomic mass is 32.1. The second-order valence-electron chi connectivity index (χ2n) is 9.65. The Labute approximate surface area is 217 Å². The molecule has 2 heterocycles. The van der Waals surface area contributed by atoms with E-state index in [1.807, 2.05) is 48.5 Å². The summed E-state index contributed by atoms with van der Waals surface area (Å²) in [4.78, 5) is 11.6. The van der Waals surface area contributed by atoms with Crippen molar-refractivity contribution in [3.8, 4) is 11.6 Å². The topological polar surface area (TPSA) is 62.3 Å². The van der Waals surface area contributed by atoms with Crippen molar-refractivity contribution in [1.82, 2.24) is 15.3 Å². The van der Waals surface area contributed by atoms with Crippen LogP contribution in [0.5, 0.6) is 11.6 Å². The van der Waals surface area contributed by atoms with Gasteiger partial charge in [-0.2, -0.15) is 9.97 Å². The quantitative estimate of drug-likeness (QED) is 0.371. The number of benzene rings is 2. The fourth-order valence-corrected chi connectivity index (χ4v) is 5.40. The van der Waals surface area contributed by atoms with E-state index in [2.05, 4.69) is 20.5 Å². The van der Waals surface area contributed by atoms with Gasteiger partial charge in [0.05, 0.1) is 0 Å². The molecular weight excluding hydrogens is 473 g/mol. The van der Waals surface area contributed by atoms with E-state index in [-0.39, 0.29) is 11.2 Å². The SMILES string of the molecule is Fc1ccc(C2(CNC(=S)Nc3nc(Oc4ccccc4)cc(N4CCCC4)n3)CCCCC2)cc1. The third-order valence-corrected chi connectivity index (χ3v) is 7.41. The zero-order valence-electron chi connectivity index (χ0n) is 20.4. The minimum absolute atomic E-state index is 0.0719. The molecule has 0 amide bonds. The Balaban J connectivity index is 1.31. The zero-order chi connectivity index (χ0) is 24.8. The lowest BCUT2D eigenvalue weighted by Gasteiger charge is -2.38. The van der Waals surface area contributed by atoms with Crippen LogP contribution in [0.25, 0.3) is 0 Å². The summed E-state index contributed by atoms with van der Waals surface area (Å²) >= 11 is 5.66. The third-order valence-electron chi connectivity index (χ3n) is 7.16. The summed E-state index contributed by atoms with van der Waals surface area (Å²) in [6.45, 7) is 2.60. The summed E-state index contributed by atoms with van der Waals surface area (Å²) in [7, 11) is 0. The monoisotopic (exact) mass is 505 g/mol. The largest absolute Gasteiger partial charge is 0.439 e. The van der Waals surface area contributed by atoms with Crippen LogP contribution < -0.4 is 20.3 Å². The number of ether oxygens (including phenoxy) is 1. The first-order chi connectivity index (χ1) is 17.6. The first-order valence-electron chi connectivity index (χ1n) is 12.8.